The van der Waals surface area contributed by atoms with Gasteiger partial charge >= 0.3 is 5.97 Å². The summed E-state index contributed by atoms with van der Waals surface area (Å²) < 4.78 is 0. The Morgan fingerprint density at radius 3 is 2.30 bits per heavy atom. The molecule has 4 atom stereocenters. The van der Waals surface area contributed by atoms with Crippen molar-refractivity contribution in [2.75, 3.05) is 13.1 Å². The fraction of sp³-hybridized carbons (Fsp3) is 0.867. The minimum Gasteiger partial charge on any atom is -0.481 e. The number of amides is 1. The summed E-state index contributed by atoms with van der Waals surface area (Å²) in [6.45, 7) is 2.89. The molecule has 1 saturated heterocycles. The summed E-state index contributed by atoms with van der Waals surface area (Å²) in [6, 6.07) is 0.0223. The second kappa shape index (κ2) is 4.72. The van der Waals surface area contributed by atoms with Crippen LogP contribution in [-0.2, 0) is 9.59 Å². The number of carboxylic acids is 1. The van der Waals surface area contributed by atoms with Gasteiger partial charge in [0.2, 0.25) is 5.91 Å². The Hall–Kier alpha value is -1.10. The third-order valence-electron chi connectivity index (χ3n) is 5.96. The Labute approximate surface area is 119 Å². The first kappa shape index (κ1) is 13.9. The van der Waals surface area contributed by atoms with Crippen molar-refractivity contribution in [1.82, 2.24) is 4.90 Å². The lowest BCUT2D eigenvalue weighted by Gasteiger charge is -2.39. The lowest BCUT2D eigenvalue weighted by Crippen LogP contribution is -2.51. The molecular formula is C15H24N2O3. The molecule has 5 nitrogen and oxygen atoms in total. The maximum Gasteiger partial charge on any atom is 0.309 e. The maximum absolute atomic E-state index is 12.7. The number of likely N-dealkylation sites (tertiary alicyclic amines) is 1. The van der Waals surface area contributed by atoms with Crippen molar-refractivity contribution in [3.8, 4) is 0 Å². The van der Waals surface area contributed by atoms with Crippen molar-refractivity contribution in [3.05, 3.63) is 0 Å². The predicted octanol–water partition coefficient (Wildman–Crippen LogP) is 1.07. The van der Waals surface area contributed by atoms with Gasteiger partial charge in [0, 0.05) is 19.1 Å². The number of piperidine rings is 1. The molecular weight excluding hydrogens is 256 g/mol. The second-order valence-corrected chi connectivity index (χ2v) is 7.13. The van der Waals surface area contributed by atoms with Gasteiger partial charge in [0.1, 0.15) is 0 Å². The molecule has 1 heterocycles. The molecule has 1 aliphatic heterocycles. The standard InChI is InChI=1S/C15H24N2O3/c1-15(14(19)20)4-6-17(7-5-15)13(18)11-9-2-3-10(8-9)12(11)16/h9-12H,2-8,16H2,1H3,(H,19,20). The molecule has 5 heteroatoms. The second-order valence-electron chi connectivity index (χ2n) is 7.13. The van der Waals surface area contributed by atoms with E-state index in [9.17, 15) is 14.7 Å². The van der Waals surface area contributed by atoms with Gasteiger partial charge in [-0.2, -0.15) is 0 Å². The molecule has 0 aromatic rings. The van der Waals surface area contributed by atoms with Crippen LogP contribution < -0.4 is 5.73 Å². The van der Waals surface area contributed by atoms with Crippen LogP contribution in [0.4, 0.5) is 0 Å². The minimum absolute atomic E-state index is 0.0112. The van der Waals surface area contributed by atoms with E-state index in [0.717, 1.165) is 12.8 Å². The summed E-state index contributed by atoms with van der Waals surface area (Å²) in [5.74, 6) is 0.416. The van der Waals surface area contributed by atoms with Crippen LogP contribution in [-0.4, -0.2) is 41.0 Å². The van der Waals surface area contributed by atoms with E-state index in [4.69, 9.17) is 5.73 Å². The number of nitrogens with zero attached hydrogens (tertiary/aromatic N) is 1. The highest BCUT2D eigenvalue weighted by Gasteiger charge is 2.51. The van der Waals surface area contributed by atoms with Crippen LogP contribution in [0.2, 0.25) is 0 Å². The number of nitrogens with two attached hydrogens (primary N) is 1. The highest BCUT2D eigenvalue weighted by Crippen LogP contribution is 2.48. The quantitative estimate of drug-likeness (QED) is 0.792. The molecule has 0 aromatic carbocycles. The molecule has 20 heavy (non-hydrogen) atoms. The van der Waals surface area contributed by atoms with Crippen molar-refractivity contribution in [2.24, 2.45) is 28.9 Å². The average Bonchev–Trinajstić information content (AvgIpc) is 2.99. The molecule has 1 amide bonds. The van der Waals surface area contributed by atoms with Crippen LogP contribution >= 0.6 is 0 Å². The molecule has 4 unspecified atom stereocenters. The van der Waals surface area contributed by atoms with E-state index in [1.165, 1.54) is 6.42 Å². The normalized spacial score (nSPS) is 39.0. The molecule has 0 radical (unpaired) electrons. The summed E-state index contributed by atoms with van der Waals surface area (Å²) in [4.78, 5) is 25.8. The Bertz CT molecular complexity index is 427. The van der Waals surface area contributed by atoms with Gasteiger partial charge in [0.15, 0.2) is 0 Å². The van der Waals surface area contributed by atoms with E-state index in [1.54, 1.807) is 6.92 Å². The molecule has 2 aliphatic carbocycles. The number of hydrogen-bond donors (Lipinski definition) is 2. The van der Waals surface area contributed by atoms with Crippen LogP contribution in [0.25, 0.3) is 0 Å². The number of rotatable bonds is 2. The third kappa shape index (κ3) is 2.03. The zero-order valence-electron chi connectivity index (χ0n) is 12.0. The minimum atomic E-state index is -0.749. The third-order valence-corrected chi connectivity index (χ3v) is 5.96. The molecule has 2 saturated carbocycles. The zero-order chi connectivity index (χ0) is 14.5. The highest BCUT2D eigenvalue weighted by atomic mass is 16.4. The van der Waals surface area contributed by atoms with Crippen molar-refractivity contribution in [3.63, 3.8) is 0 Å². The van der Waals surface area contributed by atoms with E-state index in [-0.39, 0.29) is 17.9 Å². The lowest BCUT2D eigenvalue weighted by molar-refractivity contribution is -0.154. The first-order valence-corrected chi connectivity index (χ1v) is 7.70. The number of hydrogen-bond acceptors (Lipinski definition) is 3. The largest absolute Gasteiger partial charge is 0.481 e. The number of carbonyl (C=O) groups excluding carboxylic acids is 1. The van der Waals surface area contributed by atoms with Crippen LogP contribution in [0.1, 0.15) is 39.0 Å². The first-order valence-electron chi connectivity index (χ1n) is 7.70. The number of carbonyl (C=O) groups is 2. The Kier molecular flexibility index (Phi) is 3.27. The Balaban J connectivity index is 1.64. The molecule has 3 rings (SSSR count). The average molecular weight is 280 g/mol. The Morgan fingerprint density at radius 2 is 1.80 bits per heavy atom. The predicted molar refractivity (Wildman–Crippen MR) is 73.9 cm³/mol. The summed E-state index contributed by atoms with van der Waals surface area (Å²) in [5, 5.41) is 9.24. The van der Waals surface area contributed by atoms with Gasteiger partial charge in [0.25, 0.3) is 0 Å². The van der Waals surface area contributed by atoms with Crippen LogP contribution in [0, 0.1) is 23.2 Å². The molecule has 112 valence electrons. The maximum atomic E-state index is 12.7. The van der Waals surface area contributed by atoms with E-state index >= 15 is 0 Å². The van der Waals surface area contributed by atoms with Gasteiger partial charge < -0.3 is 15.7 Å². The molecule has 3 aliphatic rings. The molecule has 3 fully saturated rings. The van der Waals surface area contributed by atoms with Crippen LogP contribution in [0.5, 0.6) is 0 Å². The molecule has 2 bridgehead atoms. The smallest absolute Gasteiger partial charge is 0.309 e. The molecule has 3 N–H and O–H groups in total. The summed E-state index contributed by atoms with van der Waals surface area (Å²) in [5.41, 5.74) is 5.56. The van der Waals surface area contributed by atoms with E-state index < -0.39 is 11.4 Å². The number of carboxylic acid groups (broad SMARTS) is 1. The van der Waals surface area contributed by atoms with Crippen molar-refractivity contribution in [2.45, 2.75) is 45.1 Å². The van der Waals surface area contributed by atoms with Crippen molar-refractivity contribution < 1.29 is 14.7 Å². The first-order chi connectivity index (χ1) is 9.42. The fourth-order valence-electron chi connectivity index (χ4n) is 4.35. The SMILES string of the molecule is CC1(C(=O)O)CCN(C(=O)C2C3CCC(C3)C2N)CC1. The van der Waals surface area contributed by atoms with Gasteiger partial charge in [-0.25, -0.2) is 0 Å². The summed E-state index contributed by atoms with van der Waals surface area (Å²) in [7, 11) is 0. The van der Waals surface area contributed by atoms with Crippen molar-refractivity contribution >= 4 is 11.9 Å². The number of fused-ring (bicyclic) bond motifs is 2. The fourth-order valence-corrected chi connectivity index (χ4v) is 4.35. The monoisotopic (exact) mass is 280 g/mol. The Morgan fingerprint density at radius 1 is 1.20 bits per heavy atom. The van der Waals surface area contributed by atoms with Gasteiger partial charge in [-0.05, 0) is 50.9 Å². The van der Waals surface area contributed by atoms with Gasteiger partial charge in [-0.15, -0.1) is 0 Å². The zero-order valence-corrected chi connectivity index (χ0v) is 12.0. The molecule has 0 spiro atoms. The summed E-state index contributed by atoms with van der Waals surface area (Å²) >= 11 is 0. The van der Waals surface area contributed by atoms with Gasteiger partial charge in [-0.3, -0.25) is 9.59 Å². The van der Waals surface area contributed by atoms with Gasteiger partial charge in [-0.1, -0.05) is 0 Å². The van der Waals surface area contributed by atoms with E-state index in [2.05, 4.69) is 0 Å². The van der Waals surface area contributed by atoms with E-state index in [0.29, 0.717) is 37.8 Å². The van der Waals surface area contributed by atoms with Gasteiger partial charge in [0.05, 0.1) is 11.3 Å². The topological polar surface area (TPSA) is 83.6 Å². The highest BCUT2D eigenvalue weighted by molar-refractivity contribution is 5.81. The molecule has 0 aromatic heterocycles. The van der Waals surface area contributed by atoms with Crippen LogP contribution in [0.3, 0.4) is 0 Å². The van der Waals surface area contributed by atoms with Crippen molar-refractivity contribution in [1.29, 1.82) is 0 Å². The number of aliphatic carboxylic acids is 1. The lowest BCUT2D eigenvalue weighted by atomic mass is 9.79. The summed E-state index contributed by atoms with van der Waals surface area (Å²) in [6.07, 6.45) is 4.51. The van der Waals surface area contributed by atoms with Crippen LogP contribution in [0.15, 0.2) is 0 Å². The van der Waals surface area contributed by atoms with E-state index in [1.807, 2.05) is 4.90 Å².